The van der Waals surface area contributed by atoms with Crippen LogP contribution in [0.1, 0.15) is 46.8 Å². The molecule has 13 heavy (non-hydrogen) atoms. The Kier molecular flexibility index (Phi) is 7.69. The summed E-state index contributed by atoms with van der Waals surface area (Å²) in [4.78, 5) is 10.4. The summed E-state index contributed by atoms with van der Waals surface area (Å²) in [6, 6.07) is 0. The molecule has 0 aliphatic heterocycles. The monoisotopic (exact) mass is 187 g/mol. The van der Waals surface area contributed by atoms with Gasteiger partial charge >= 0.3 is 0 Å². The average Bonchev–Trinajstić information content (AvgIpc) is 2.14. The molecule has 0 aromatic carbocycles. The van der Waals surface area contributed by atoms with Gasteiger partial charge in [-0.1, -0.05) is 39.0 Å². The van der Waals surface area contributed by atoms with Gasteiger partial charge in [0.25, 0.3) is 0 Å². The topological polar surface area (TPSA) is 55.1 Å². The number of nitrogens with one attached hydrogen (secondary N) is 1. The Morgan fingerprint density at radius 2 is 1.92 bits per heavy atom. The SMILES string of the molecule is [2H][C@@H](CCCCCCC)NCC(N)=O. The van der Waals surface area contributed by atoms with Gasteiger partial charge in [-0.25, -0.2) is 0 Å². The van der Waals surface area contributed by atoms with Crippen LogP contribution < -0.4 is 11.1 Å². The van der Waals surface area contributed by atoms with E-state index in [0.29, 0.717) is 0 Å². The minimum atomic E-state index is -0.395. The Balaban J connectivity index is 3.18. The van der Waals surface area contributed by atoms with Crippen molar-refractivity contribution in [1.82, 2.24) is 5.32 Å². The molecule has 3 heteroatoms. The molecule has 78 valence electrons. The number of unbranched alkanes of at least 4 members (excludes halogenated alkanes) is 4. The van der Waals surface area contributed by atoms with E-state index < -0.39 is 5.91 Å². The first-order chi connectivity index (χ1) is 6.66. The molecule has 0 rings (SSSR count). The van der Waals surface area contributed by atoms with Gasteiger partial charge in [-0.3, -0.25) is 4.79 Å². The highest BCUT2D eigenvalue weighted by molar-refractivity contribution is 5.75. The molecule has 3 nitrogen and oxygen atoms in total. The minimum Gasteiger partial charge on any atom is -0.369 e. The zero-order chi connectivity index (χ0) is 10.8. The predicted molar refractivity (Wildman–Crippen MR) is 55.4 cm³/mol. The summed E-state index contributed by atoms with van der Waals surface area (Å²) in [5, 5.41) is 2.77. The molecular formula is C10H22N2O. The largest absolute Gasteiger partial charge is 0.369 e. The number of hydrogen-bond acceptors (Lipinski definition) is 2. The number of primary amides is 1. The third-order valence-electron chi connectivity index (χ3n) is 1.87. The maximum absolute atomic E-state index is 10.4. The molecular weight excluding hydrogens is 164 g/mol. The van der Waals surface area contributed by atoms with E-state index >= 15 is 0 Å². The van der Waals surface area contributed by atoms with Crippen molar-refractivity contribution in [2.45, 2.75) is 45.4 Å². The standard InChI is InChI=1S/C10H22N2O/c1-2-3-4-5-6-7-8-12-9-10(11)13/h12H,2-9H2,1H3,(H2,11,13)/i8D/t8-/m0/s1. The number of nitrogens with two attached hydrogens (primary N) is 1. The maximum atomic E-state index is 10.4. The van der Waals surface area contributed by atoms with Crippen LogP contribution in [0.3, 0.4) is 0 Å². The molecule has 1 amide bonds. The summed E-state index contributed by atoms with van der Waals surface area (Å²) in [6.07, 6.45) is 6.80. The molecule has 0 aliphatic rings. The maximum Gasteiger partial charge on any atom is 0.231 e. The molecule has 1 atom stereocenters. The highest BCUT2D eigenvalue weighted by Gasteiger charge is 1.92. The average molecular weight is 187 g/mol. The lowest BCUT2D eigenvalue weighted by molar-refractivity contribution is -0.117. The van der Waals surface area contributed by atoms with Crippen molar-refractivity contribution in [3.05, 3.63) is 0 Å². The number of rotatable bonds is 9. The Labute approximate surface area is 82.5 Å². The first-order valence-corrected chi connectivity index (χ1v) is 5.10. The predicted octanol–water partition coefficient (Wildman–Crippen LogP) is 1.42. The molecule has 0 fully saturated rings. The third-order valence-corrected chi connectivity index (χ3v) is 1.87. The Bertz CT molecular complexity index is 153. The fraction of sp³-hybridized carbons (Fsp3) is 0.900. The molecule has 0 aliphatic carbocycles. The molecule has 3 N–H and O–H groups in total. The summed E-state index contributed by atoms with van der Waals surface area (Å²) in [7, 11) is 0. The summed E-state index contributed by atoms with van der Waals surface area (Å²) >= 11 is 0. The van der Waals surface area contributed by atoms with Gasteiger partial charge < -0.3 is 11.1 Å². The van der Waals surface area contributed by atoms with Gasteiger partial charge in [-0.2, -0.15) is 0 Å². The van der Waals surface area contributed by atoms with Crippen molar-refractivity contribution < 1.29 is 6.17 Å². The van der Waals surface area contributed by atoms with Crippen LogP contribution in [0.5, 0.6) is 0 Å². The second-order valence-corrected chi connectivity index (χ2v) is 3.25. The molecule has 0 heterocycles. The molecule has 0 saturated carbocycles. The van der Waals surface area contributed by atoms with Gasteiger partial charge in [0, 0.05) is 1.37 Å². The highest BCUT2D eigenvalue weighted by Crippen LogP contribution is 2.03. The van der Waals surface area contributed by atoms with Crippen molar-refractivity contribution in [1.29, 1.82) is 0 Å². The van der Waals surface area contributed by atoms with Crippen LogP contribution in [0.4, 0.5) is 0 Å². The van der Waals surface area contributed by atoms with E-state index in [0.717, 1.165) is 12.8 Å². The number of amides is 1. The Morgan fingerprint density at radius 3 is 2.54 bits per heavy atom. The normalized spacial score (nSPS) is 13.8. The van der Waals surface area contributed by atoms with Crippen LogP contribution in [0.2, 0.25) is 0 Å². The van der Waals surface area contributed by atoms with E-state index in [1.807, 2.05) is 0 Å². The van der Waals surface area contributed by atoms with Crippen LogP contribution in [0, 0.1) is 0 Å². The van der Waals surface area contributed by atoms with E-state index in [4.69, 9.17) is 7.10 Å². The van der Waals surface area contributed by atoms with E-state index in [2.05, 4.69) is 12.2 Å². The van der Waals surface area contributed by atoms with Gasteiger partial charge in [-0.05, 0) is 12.9 Å². The fourth-order valence-corrected chi connectivity index (χ4v) is 1.12. The van der Waals surface area contributed by atoms with E-state index in [1.54, 1.807) is 0 Å². The summed E-state index contributed by atoms with van der Waals surface area (Å²) in [6.45, 7) is 1.95. The van der Waals surface area contributed by atoms with Crippen LogP contribution in [-0.2, 0) is 4.79 Å². The fourth-order valence-electron chi connectivity index (χ4n) is 1.12. The number of carbonyl (C=O) groups is 1. The molecule has 0 unspecified atom stereocenters. The summed E-state index contributed by atoms with van der Waals surface area (Å²) < 4.78 is 7.53. The highest BCUT2D eigenvalue weighted by atomic mass is 16.1. The van der Waals surface area contributed by atoms with Crippen LogP contribution in [0.15, 0.2) is 0 Å². The third kappa shape index (κ3) is 11.4. The molecule has 0 radical (unpaired) electrons. The van der Waals surface area contributed by atoms with E-state index in [1.165, 1.54) is 25.7 Å². The van der Waals surface area contributed by atoms with E-state index in [-0.39, 0.29) is 13.1 Å². The van der Waals surface area contributed by atoms with Crippen molar-refractivity contribution in [2.24, 2.45) is 5.73 Å². The zero-order valence-corrected chi connectivity index (χ0v) is 8.51. The quantitative estimate of drug-likeness (QED) is 0.536. The molecule has 0 spiro atoms. The van der Waals surface area contributed by atoms with Gasteiger partial charge in [0.15, 0.2) is 0 Å². The minimum absolute atomic E-state index is 0.114. The van der Waals surface area contributed by atoms with Gasteiger partial charge in [-0.15, -0.1) is 0 Å². The zero-order valence-electron chi connectivity index (χ0n) is 9.51. The second kappa shape index (κ2) is 9.52. The Hall–Kier alpha value is -0.570. The summed E-state index contributed by atoms with van der Waals surface area (Å²) in [5.74, 6) is -0.395. The number of carbonyl (C=O) groups excluding carboxylic acids is 1. The van der Waals surface area contributed by atoms with Crippen LogP contribution in [0.25, 0.3) is 0 Å². The molecule has 0 aromatic rings. The van der Waals surface area contributed by atoms with Gasteiger partial charge in [0.2, 0.25) is 5.91 Å². The first kappa shape index (κ1) is 10.5. The second-order valence-electron chi connectivity index (χ2n) is 3.25. The van der Waals surface area contributed by atoms with Crippen LogP contribution >= 0.6 is 0 Å². The van der Waals surface area contributed by atoms with Crippen molar-refractivity contribution >= 4 is 5.91 Å². The smallest absolute Gasteiger partial charge is 0.231 e. The molecule has 0 bridgehead atoms. The molecule has 0 saturated heterocycles. The number of hydrogen-bond donors (Lipinski definition) is 2. The van der Waals surface area contributed by atoms with Gasteiger partial charge in [0.05, 0.1) is 6.54 Å². The van der Waals surface area contributed by atoms with Crippen molar-refractivity contribution in [3.63, 3.8) is 0 Å². The lowest BCUT2D eigenvalue weighted by Gasteiger charge is -2.01. The van der Waals surface area contributed by atoms with Crippen molar-refractivity contribution in [2.75, 3.05) is 13.1 Å². The Morgan fingerprint density at radius 1 is 1.31 bits per heavy atom. The van der Waals surface area contributed by atoms with Gasteiger partial charge in [0.1, 0.15) is 0 Å². The summed E-state index contributed by atoms with van der Waals surface area (Å²) in [5.41, 5.74) is 4.95. The lowest BCUT2D eigenvalue weighted by Crippen LogP contribution is -2.29. The van der Waals surface area contributed by atoms with E-state index in [9.17, 15) is 4.79 Å². The van der Waals surface area contributed by atoms with Crippen LogP contribution in [-0.4, -0.2) is 19.0 Å². The lowest BCUT2D eigenvalue weighted by atomic mass is 10.1. The molecule has 0 aromatic heterocycles. The van der Waals surface area contributed by atoms with Crippen molar-refractivity contribution in [3.8, 4) is 0 Å². The first-order valence-electron chi connectivity index (χ1n) is 5.68.